The molecule has 0 spiro atoms. The molecular formula is C14H17FN2O2. The Balaban J connectivity index is 2.36. The van der Waals surface area contributed by atoms with Gasteiger partial charge in [-0.25, -0.2) is 4.39 Å². The third-order valence-electron chi connectivity index (χ3n) is 3.56. The minimum absolute atomic E-state index is 0.0606. The Labute approximate surface area is 111 Å². The lowest BCUT2D eigenvalue weighted by Gasteiger charge is -2.26. The van der Waals surface area contributed by atoms with Gasteiger partial charge in [0.05, 0.1) is 12.0 Å². The van der Waals surface area contributed by atoms with Gasteiger partial charge in [-0.2, -0.15) is 0 Å². The number of hydrogen-bond acceptors (Lipinski definition) is 2. The number of halogens is 1. The van der Waals surface area contributed by atoms with Crippen molar-refractivity contribution in [2.45, 2.75) is 12.5 Å². The highest BCUT2D eigenvalue weighted by molar-refractivity contribution is 5.90. The van der Waals surface area contributed by atoms with E-state index in [2.05, 4.69) is 0 Å². The summed E-state index contributed by atoms with van der Waals surface area (Å²) < 4.78 is 13.0. The van der Waals surface area contributed by atoms with E-state index in [-0.39, 0.29) is 30.1 Å². The first-order chi connectivity index (χ1) is 8.91. The first kappa shape index (κ1) is 13.5. The van der Waals surface area contributed by atoms with Gasteiger partial charge in [0.1, 0.15) is 5.82 Å². The summed E-state index contributed by atoms with van der Waals surface area (Å²) in [6, 6.07) is 5.64. The molecule has 1 aliphatic heterocycles. The van der Waals surface area contributed by atoms with E-state index < -0.39 is 5.92 Å². The molecule has 0 N–H and O–H groups in total. The molecule has 1 aromatic carbocycles. The fraction of sp³-hybridized carbons (Fsp3) is 0.429. The topological polar surface area (TPSA) is 40.6 Å². The quantitative estimate of drug-likeness (QED) is 0.811. The largest absolute Gasteiger partial charge is 0.348 e. The van der Waals surface area contributed by atoms with Crippen molar-refractivity contribution in [1.82, 2.24) is 9.80 Å². The van der Waals surface area contributed by atoms with Crippen LogP contribution in [-0.2, 0) is 9.59 Å². The standard InChI is InChI=1S/C14H17FN2O2/c1-16(2)14(19)11-8-12(18)17(3)13(11)9-4-6-10(15)7-5-9/h4-7,11,13H,8H2,1-3H3/t11-,13-/m1/s1. The van der Waals surface area contributed by atoms with E-state index in [1.807, 2.05) is 0 Å². The van der Waals surface area contributed by atoms with Gasteiger partial charge in [-0.05, 0) is 17.7 Å². The van der Waals surface area contributed by atoms with Crippen molar-refractivity contribution in [2.24, 2.45) is 5.92 Å². The van der Waals surface area contributed by atoms with Gasteiger partial charge in [0.25, 0.3) is 0 Å². The average Bonchev–Trinajstić information content (AvgIpc) is 2.66. The van der Waals surface area contributed by atoms with Crippen LogP contribution in [0.4, 0.5) is 4.39 Å². The summed E-state index contributed by atoms with van der Waals surface area (Å²) in [6.07, 6.45) is 0.204. The number of nitrogens with zero attached hydrogens (tertiary/aromatic N) is 2. The predicted octanol–water partition coefficient (Wildman–Crippen LogP) is 1.43. The zero-order chi connectivity index (χ0) is 14.2. The van der Waals surface area contributed by atoms with Crippen LogP contribution in [-0.4, -0.2) is 42.8 Å². The Hall–Kier alpha value is -1.91. The zero-order valence-corrected chi connectivity index (χ0v) is 11.3. The molecular weight excluding hydrogens is 247 g/mol. The molecule has 1 fully saturated rings. The molecule has 2 atom stereocenters. The van der Waals surface area contributed by atoms with Crippen molar-refractivity contribution in [3.63, 3.8) is 0 Å². The molecule has 0 radical (unpaired) electrons. The Morgan fingerprint density at radius 2 is 1.89 bits per heavy atom. The highest BCUT2D eigenvalue weighted by Crippen LogP contribution is 2.37. The molecule has 1 heterocycles. The number of likely N-dealkylation sites (tertiary alicyclic amines) is 1. The van der Waals surface area contributed by atoms with Crippen LogP contribution in [0.2, 0.25) is 0 Å². The second-order valence-electron chi connectivity index (χ2n) is 5.04. The highest BCUT2D eigenvalue weighted by atomic mass is 19.1. The molecule has 5 heteroatoms. The molecule has 1 saturated heterocycles. The zero-order valence-electron chi connectivity index (χ0n) is 11.3. The van der Waals surface area contributed by atoms with Gasteiger partial charge in [-0.3, -0.25) is 9.59 Å². The van der Waals surface area contributed by atoms with Crippen LogP contribution in [0.5, 0.6) is 0 Å². The Morgan fingerprint density at radius 3 is 2.42 bits per heavy atom. The van der Waals surface area contributed by atoms with Crippen molar-refractivity contribution >= 4 is 11.8 Å². The van der Waals surface area contributed by atoms with Crippen molar-refractivity contribution in [1.29, 1.82) is 0 Å². The Morgan fingerprint density at radius 1 is 1.32 bits per heavy atom. The van der Waals surface area contributed by atoms with Gasteiger partial charge in [0.15, 0.2) is 0 Å². The lowest BCUT2D eigenvalue weighted by molar-refractivity contribution is -0.134. The predicted molar refractivity (Wildman–Crippen MR) is 68.7 cm³/mol. The van der Waals surface area contributed by atoms with E-state index in [0.29, 0.717) is 0 Å². The molecule has 4 nitrogen and oxygen atoms in total. The number of rotatable bonds is 2. The number of hydrogen-bond donors (Lipinski definition) is 0. The molecule has 1 aromatic rings. The molecule has 1 aliphatic rings. The van der Waals surface area contributed by atoms with Gasteiger partial charge in [-0.15, -0.1) is 0 Å². The van der Waals surface area contributed by atoms with Crippen LogP contribution >= 0.6 is 0 Å². The second kappa shape index (κ2) is 4.99. The first-order valence-corrected chi connectivity index (χ1v) is 6.14. The number of benzene rings is 1. The highest BCUT2D eigenvalue weighted by Gasteiger charge is 2.43. The first-order valence-electron chi connectivity index (χ1n) is 6.14. The van der Waals surface area contributed by atoms with Gasteiger partial charge >= 0.3 is 0 Å². The van der Waals surface area contributed by atoms with E-state index in [1.165, 1.54) is 17.0 Å². The number of carbonyl (C=O) groups is 2. The smallest absolute Gasteiger partial charge is 0.228 e. The van der Waals surface area contributed by atoms with Crippen LogP contribution in [0, 0.1) is 11.7 Å². The lowest BCUT2D eigenvalue weighted by atomic mass is 9.92. The van der Waals surface area contributed by atoms with Gasteiger partial charge < -0.3 is 9.80 Å². The second-order valence-corrected chi connectivity index (χ2v) is 5.04. The van der Waals surface area contributed by atoms with Crippen LogP contribution < -0.4 is 0 Å². The lowest BCUT2D eigenvalue weighted by Crippen LogP contribution is -2.33. The average molecular weight is 264 g/mol. The molecule has 0 unspecified atom stereocenters. The third kappa shape index (κ3) is 2.45. The molecule has 0 aliphatic carbocycles. The molecule has 19 heavy (non-hydrogen) atoms. The maximum absolute atomic E-state index is 13.0. The summed E-state index contributed by atoms with van der Waals surface area (Å²) >= 11 is 0. The fourth-order valence-electron chi connectivity index (χ4n) is 2.54. The summed E-state index contributed by atoms with van der Waals surface area (Å²) in [6.45, 7) is 0. The molecule has 2 amide bonds. The maximum Gasteiger partial charge on any atom is 0.228 e. The van der Waals surface area contributed by atoms with Gasteiger partial charge in [0, 0.05) is 27.6 Å². The summed E-state index contributed by atoms with van der Waals surface area (Å²) in [7, 11) is 5.03. The maximum atomic E-state index is 13.0. The van der Waals surface area contributed by atoms with Crippen LogP contribution in [0.15, 0.2) is 24.3 Å². The van der Waals surface area contributed by atoms with E-state index in [9.17, 15) is 14.0 Å². The third-order valence-corrected chi connectivity index (χ3v) is 3.56. The molecule has 0 aromatic heterocycles. The minimum Gasteiger partial charge on any atom is -0.348 e. The van der Waals surface area contributed by atoms with Gasteiger partial charge in [0.2, 0.25) is 11.8 Å². The molecule has 102 valence electrons. The summed E-state index contributed by atoms with van der Waals surface area (Å²) in [4.78, 5) is 27.1. The van der Waals surface area contributed by atoms with E-state index in [0.717, 1.165) is 5.56 Å². The van der Waals surface area contributed by atoms with E-state index in [4.69, 9.17) is 0 Å². The fourth-order valence-corrected chi connectivity index (χ4v) is 2.54. The van der Waals surface area contributed by atoms with Gasteiger partial charge in [-0.1, -0.05) is 12.1 Å². The molecule has 0 saturated carbocycles. The summed E-state index contributed by atoms with van der Waals surface area (Å²) in [5.74, 6) is -0.870. The molecule has 0 bridgehead atoms. The summed E-state index contributed by atoms with van der Waals surface area (Å²) in [5, 5.41) is 0. The minimum atomic E-state index is -0.405. The van der Waals surface area contributed by atoms with Crippen molar-refractivity contribution in [3.8, 4) is 0 Å². The van der Waals surface area contributed by atoms with Crippen LogP contribution in [0.1, 0.15) is 18.0 Å². The van der Waals surface area contributed by atoms with E-state index in [1.54, 1.807) is 38.2 Å². The van der Waals surface area contributed by atoms with Crippen LogP contribution in [0.25, 0.3) is 0 Å². The Kier molecular flexibility index (Phi) is 3.55. The Bertz CT molecular complexity index is 499. The van der Waals surface area contributed by atoms with Crippen molar-refractivity contribution in [2.75, 3.05) is 21.1 Å². The SMILES string of the molecule is CN(C)C(=O)[C@@H]1CC(=O)N(C)[C@@H]1c1ccc(F)cc1. The van der Waals surface area contributed by atoms with Crippen molar-refractivity contribution in [3.05, 3.63) is 35.6 Å². The number of amides is 2. The monoisotopic (exact) mass is 264 g/mol. The van der Waals surface area contributed by atoms with E-state index >= 15 is 0 Å². The molecule has 2 rings (SSSR count). The van der Waals surface area contributed by atoms with Crippen LogP contribution in [0.3, 0.4) is 0 Å². The summed E-state index contributed by atoms with van der Waals surface area (Å²) in [5.41, 5.74) is 0.787. The normalized spacial score (nSPS) is 22.7. The van der Waals surface area contributed by atoms with Crippen molar-refractivity contribution < 1.29 is 14.0 Å². The number of carbonyl (C=O) groups excluding carboxylic acids is 2.